The lowest BCUT2D eigenvalue weighted by Gasteiger charge is -2.05. The van der Waals surface area contributed by atoms with Gasteiger partial charge in [-0.25, -0.2) is 0 Å². The van der Waals surface area contributed by atoms with Crippen molar-refractivity contribution in [3.05, 3.63) is 0 Å². The number of unbranched alkanes of at least 4 members (excludes halogenated alkanes) is 11. The van der Waals surface area contributed by atoms with Gasteiger partial charge in [-0.15, -0.1) is 0 Å². The first-order chi connectivity index (χ1) is 13.7. The van der Waals surface area contributed by atoms with E-state index in [2.05, 4.69) is 0 Å². The fourth-order valence-electron chi connectivity index (χ4n) is 2.78. The summed E-state index contributed by atoms with van der Waals surface area (Å²) in [5.74, 6) is -0.270. The first kappa shape index (κ1) is 26.3. The fourth-order valence-corrected chi connectivity index (χ4v) is 2.78. The van der Waals surface area contributed by atoms with Gasteiger partial charge >= 0.3 is 11.9 Å². The zero-order chi connectivity index (χ0) is 20.7. The number of rotatable bonds is 21. The molecule has 0 amide bonds. The largest absolute Gasteiger partial charge is 0.466 e. The summed E-state index contributed by atoms with van der Waals surface area (Å²) in [4.78, 5) is 43.4. The summed E-state index contributed by atoms with van der Waals surface area (Å²) in [5.41, 5.74) is 0. The Morgan fingerprint density at radius 3 is 1.25 bits per heavy atom. The summed E-state index contributed by atoms with van der Waals surface area (Å²) >= 11 is 0. The summed E-state index contributed by atoms with van der Waals surface area (Å²) in [6.07, 6.45) is 14.9. The van der Waals surface area contributed by atoms with Crippen molar-refractivity contribution in [2.24, 2.45) is 0 Å². The van der Waals surface area contributed by atoms with Crippen LogP contribution in [0.15, 0.2) is 0 Å². The van der Waals surface area contributed by atoms with Crippen LogP contribution in [0.2, 0.25) is 0 Å². The third-order valence-corrected chi connectivity index (χ3v) is 4.47. The molecule has 0 spiro atoms. The van der Waals surface area contributed by atoms with E-state index >= 15 is 0 Å². The van der Waals surface area contributed by atoms with Crippen molar-refractivity contribution in [2.75, 3.05) is 13.2 Å². The highest BCUT2D eigenvalue weighted by atomic mass is 16.5. The highest BCUT2D eigenvalue weighted by molar-refractivity contribution is 5.69. The first-order valence-corrected chi connectivity index (χ1v) is 10.9. The van der Waals surface area contributed by atoms with Crippen LogP contribution in [0.3, 0.4) is 0 Å². The molecule has 6 nitrogen and oxygen atoms in total. The second-order valence-electron chi connectivity index (χ2n) is 7.09. The van der Waals surface area contributed by atoms with Gasteiger partial charge in [0.15, 0.2) is 0 Å². The van der Waals surface area contributed by atoms with Gasteiger partial charge in [-0.1, -0.05) is 25.7 Å². The predicted octanol–water partition coefficient (Wildman–Crippen LogP) is 4.71. The molecule has 0 aliphatic carbocycles. The van der Waals surface area contributed by atoms with Crippen molar-refractivity contribution in [1.82, 2.24) is 0 Å². The van der Waals surface area contributed by atoms with E-state index in [1.54, 1.807) is 0 Å². The average molecular weight is 399 g/mol. The maximum Gasteiger partial charge on any atom is 0.305 e. The van der Waals surface area contributed by atoms with E-state index < -0.39 is 0 Å². The zero-order valence-corrected chi connectivity index (χ0v) is 17.3. The third-order valence-electron chi connectivity index (χ3n) is 4.47. The molecule has 0 atom stereocenters. The molecule has 0 aliphatic heterocycles. The van der Waals surface area contributed by atoms with Gasteiger partial charge < -0.3 is 19.1 Å². The smallest absolute Gasteiger partial charge is 0.305 e. The van der Waals surface area contributed by atoms with Crippen LogP contribution < -0.4 is 0 Å². The Balaban J connectivity index is 3.27. The van der Waals surface area contributed by atoms with Crippen LogP contribution in [-0.4, -0.2) is 37.7 Å². The molecular formula is C22H38O6. The lowest BCUT2D eigenvalue weighted by molar-refractivity contribution is -0.144. The van der Waals surface area contributed by atoms with Crippen LogP contribution >= 0.6 is 0 Å². The fraction of sp³-hybridized carbons (Fsp3) is 0.818. The number of carbonyl (C=O) groups is 4. The number of esters is 2. The van der Waals surface area contributed by atoms with E-state index in [9.17, 15) is 19.2 Å². The van der Waals surface area contributed by atoms with Gasteiger partial charge in [0.25, 0.3) is 0 Å². The molecular weight excluding hydrogens is 360 g/mol. The molecule has 0 heterocycles. The highest BCUT2D eigenvalue weighted by Gasteiger charge is 2.04. The molecule has 0 bridgehead atoms. The summed E-state index contributed by atoms with van der Waals surface area (Å²) < 4.78 is 10.3. The number of hydrogen-bond acceptors (Lipinski definition) is 6. The minimum Gasteiger partial charge on any atom is -0.466 e. The quantitative estimate of drug-likeness (QED) is 0.158. The average Bonchev–Trinajstić information content (AvgIpc) is 2.69. The Hall–Kier alpha value is -1.72. The molecule has 0 saturated heterocycles. The molecule has 0 unspecified atom stereocenters. The second kappa shape index (κ2) is 21.6. The van der Waals surface area contributed by atoms with Gasteiger partial charge in [0.1, 0.15) is 12.6 Å². The molecule has 0 rings (SSSR count). The molecule has 0 saturated carbocycles. The Bertz CT molecular complexity index is 370. The molecule has 0 aromatic carbocycles. The third kappa shape index (κ3) is 20.6. The number of hydrogen-bond donors (Lipinski definition) is 0. The normalized spacial score (nSPS) is 10.4. The van der Waals surface area contributed by atoms with Gasteiger partial charge in [0, 0.05) is 25.7 Å². The minimum absolute atomic E-state index is 0.135. The highest BCUT2D eigenvalue weighted by Crippen LogP contribution is 2.10. The van der Waals surface area contributed by atoms with Crippen LogP contribution in [0, 0.1) is 0 Å². The maximum atomic E-state index is 11.6. The Labute approximate surface area is 169 Å². The molecule has 0 aliphatic rings. The van der Waals surface area contributed by atoms with E-state index in [1.165, 1.54) is 0 Å². The lowest BCUT2D eigenvalue weighted by Crippen LogP contribution is -2.06. The Morgan fingerprint density at radius 1 is 0.500 bits per heavy atom. The van der Waals surface area contributed by atoms with Crippen LogP contribution in [0.5, 0.6) is 0 Å². The Morgan fingerprint density at radius 2 is 0.857 bits per heavy atom. The van der Waals surface area contributed by atoms with Crippen molar-refractivity contribution in [2.45, 2.75) is 103 Å². The predicted molar refractivity (Wildman–Crippen MR) is 108 cm³/mol. The summed E-state index contributed by atoms with van der Waals surface area (Å²) in [5, 5.41) is 0. The molecule has 0 radical (unpaired) electrons. The standard InChI is InChI=1S/C22H38O6/c23-17-11-5-7-13-19-27-21(25)15-9-3-1-2-4-10-16-22(26)28-20-14-8-6-12-18-24/h17-18H,1-16,19-20H2. The SMILES string of the molecule is O=CCCCCCOC(=O)CCCCCCCCC(=O)OCCCCCC=O. The Kier molecular flexibility index (Phi) is 20.3. The van der Waals surface area contributed by atoms with Crippen LogP contribution in [0.4, 0.5) is 0 Å². The number of carbonyl (C=O) groups excluding carboxylic acids is 4. The van der Waals surface area contributed by atoms with E-state index in [0.717, 1.165) is 89.6 Å². The van der Waals surface area contributed by atoms with E-state index in [0.29, 0.717) is 38.9 Å². The van der Waals surface area contributed by atoms with Gasteiger partial charge in [-0.3, -0.25) is 9.59 Å². The molecule has 0 aromatic rings. The van der Waals surface area contributed by atoms with Crippen molar-refractivity contribution < 1.29 is 28.7 Å². The van der Waals surface area contributed by atoms with Crippen molar-refractivity contribution in [3.63, 3.8) is 0 Å². The van der Waals surface area contributed by atoms with Gasteiger partial charge in [-0.2, -0.15) is 0 Å². The van der Waals surface area contributed by atoms with Crippen LogP contribution in [-0.2, 0) is 28.7 Å². The zero-order valence-electron chi connectivity index (χ0n) is 17.3. The lowest BCUT2D eigenvalue weighted by atomic mass is 10.1. The van der Waals surface area contributed by atoms with Gasteiger partial charge in [-0.05, 0) is 51.4 Å². The number of aldehydes is 2. The molecule has 162 valence electrons. The minimum atomic E-state index is -0.135. The molecule has 28 heavy (non-hydrogen) atoms. The van der Waals surface area contributed by atoms with Crippen molar-refractivity contribution >= 4 is 24.5 Å². The van der Waals surface area contributed by atoms with Crippen LogP contribution in [0.1, 0.15) is 103 Å². The van der Waals surface area contributed by atoms with Crippen LogP contribution in [0.25, 0.3) is 0 Å². The van der Waals surface area contributed by atoms with E-state index in [-0.39, 0.29) is 11.9 Å². The molecule has 0 aromatic heterocycles. The van der Waals surface area contributed by atoms with E-state index in [4.69, 9.17) is 9.47 Å². The molecule has 0 N–H and O–H groups in total. The summed E-state index contributed by atoms with van der Waals surface area (Å²) in [6.45, 7) is 0.902. The monoisotopic (exact) mass is 398 g/mol. The second-order valence-corrected chi connectivity index (χ2v) is 7.09. The first-order valence-electron chi connectivity index (χ1n) is 10.9. The molecule has 6 heteroatoms. The van der Waals surface area contributed by atoms with Gasteiger partial charge in [0.05, 0.1) is 13.2 Å². The molecule has 0 fully saturated rings. The van der Waals surface area contributed by atoms with Crippen molar-refractivity contribution in [1.29, 1.82) is 0 Å². The number of ether oxygens (including phenoxy) is 2. The summed E-state index contributed by atoms with van der Waals surface area (Å²) in [7, 11) is 0. The van der Waals surface area contributed by atoms with Gasteiger partial charge in [0.2, 0.25) is 0 Å². The summed E-state index contributed by atoms with van der Waals surface area (Å²) in [6, 6.07) is 0. The van der Waals surface area contributed by atoms with Crippen molar-refractivity contribution in [3.8, 4) is 0 Å². The maximum absolute atomic E-state index is 11.6. The van der Waals surface area contributed by atoms with E-state index in [1.807, 2.05) is 0 Å². The topological polar surface area (TPSA) is 86.7 Å².